The highest BCUT2D eigenvalue weighted by Gasteiger charge is 2.13. The van der Waals surface area contributed by atoms with Crippen LogP contribution in [0.5, 0.6) is 17.2 Å². The minimum Gasteiger partial charge on any atom is -0.504 e. The first-order valence-corrected chi connectivity index (χ1v) is 7.70. The Balaban J connectivity index is 2.20. The molecule has 126 valence electrons. The van der Waals surface area contributed by atoms with Crippen molar-refractivity contribution in [2.24, 2.45) is 5.10 Å². The fourth-order valence-electron chi connectivity index (χ4n) is 2.16. The average Bonchev–Trinajstić information content (AvgIpc) is 2.59. The van der Waals surface area contributed by atoms with E-state index in [1.54, 1.807) is 0 Å². The van der Waals surface area contributed by atoms with Crippen LogP contribution in [0.25, 0.3) is 0 Å². The maximum atomic E-state index is 12.1. The topological polar surface area (TPSA) is 102 Å². The molecule has 2 rings (SSSR count). The van der Waals surface area contributed by atoms with Gasteiger partial charge in [0, 0.05) is 5.56 Å². The van der Waals surface area contributed by atoms with Crippen LogP contribution in [-0.2, 0) is 0 Å². The molecule has 2 aromatic carbocycles. The highest BCUT2D eigenvalue weighted by molar-refractivity contribution is 6.02. The van der Waals surface area contributed by atoms with Gasteiger partial charge in [0.25, 0.3) is 5.91 Å². The molecule has 0 bridgehead atoms. The van der Waals surface area contributed by atoms with Crippen molar-refractivity contribution < 1.29 is 20.1 Å². The first-order valence-electron chi connectivity index (χ1n) is 7.70. The van der Waals surface area contributed by atoms with Crippen molar-refractivity contribution in [1.82, 2.24) is 5.43 Å². The first kappa shape index (κ1) is 17.3. The Morgan fingerprint density at radius 3 is 2.25 bits per heavy atom. The van der Waals surface area contributed by atoms with Gasteiger partial charge in [0.05, 0.1) is 5.71 Å². The van der Waals surface area contributed by atoms with Gasteiger partial charge in [-0.3, -0.25) is 4.79 Å². The maximum Gasteiger partial charge on any atom is 0.271 e. The molecule has 0 aromatic heterocycles. The van der Waals surface area contributed by atoms with Gasteiger partial charge in [-0.15, -0.1) is 0 Å². The van der Waals surface area contributed by atoms with Gasteiger partial charge in [-0.1, -0.05) is 43.7 Å². The molecule has 0 radical (unpaired) electrons. The van der Waals surface area contributed by atoms with Crippen molar-refractivity contribution in [2.75, 3.05) is 0 Å². The summed E-state index contributed by atoms with van der Waals surface area (Å²) in [5.74, 6) is -2.40. The Hall–Kier alpha value is -3.02. The average molecular weight is 328 g/mol. The zero-order valence-corrected chi connectivity index (χ0v) is 13.4. The number of nitrogens with one attached hydrogen (secondary N) is 1. The second-order valence-corrected chi connectivity index (χ2v) is 5.33. The van der Waals surface area contributed by atoms with E-state index >= 15 is 0 Å². The summed E-state index contributed by atoms with van der Waals surface area (Å²) >= 11 is 0. The lowest BCUT2D eigenvalue weighted by Gasteiger charge is -2.08. The van der Waals surface area contributed by atoms with Crippen LogP contribution in [-0.4, -0.2) is 26.9 Å². The first-order chi connectivity index (χ1) is 11.5. The molecule has 6 nitrogen and oxygen atoms in total. The molecule has 0 aliphatic carbocycles. The molecule has 1 amide bonds. The lowest BCUT2D eigenvalue weighted by Crippen LogP contribution is -2.20. The third-order valence-electron chi connectivity index (χ3n) is 3.50. The molecule has 6 heteroatoms. The molecule has 0 aliphatic rings. The molecule has 0 aliphatic heterocycles. The van der Waals surface area contributed by atoms with Crippen LogP contribution in [0, 0.1) is 0 Å². The highest BCUT2D eigenvalue weighted by atomic mass is 16.3. The van der Waals surface area contributed by atoms with Crippen molar-refractivity contribution >= 4 is 11.6 Å². The van der Waals surface area contributed by atoms with Crippen molar-refractivity contribution in [3.63, 3.8) is 0 Å². The number of benzene rings is 2. The van der Waals surface area contributed by atoms with Crippen LogP contribution in [0.3, 0.4) is 0 Å². The molecule has 0 saturated heterocycles. The number of hydrogen-bond acceptors (Lipinski definition) is 5. The summed E-state index contributed by atoms with van der Waals surface area (Å²) in [6, 6.07) is 11.7. The van der Waals surface area contributed by atoms with Gasteiger partial charge in [-0.25, -0.2) is 5.43 Å². The minimum atomic E-state index is -0.664. The zero-order valence-electron chi connectivity index (χ0n) is 13.4. The van der Waals surface area contributed by atoms with Gasteiger partial charge < -0.3 is 15.3 Å². The molecule has 4 N–H and O–H groups in total. The smallest absolute Gasteiger partial charge is 0.271 e. The number of rotatable bonds is 6. The summed E-state index contributed by atoms with van der Waals surface area (Å²) in [4.78, 5) is 12.1. The Bertz CT molecular complexity index is 719. The van der Waals surface area contributed by atoms with Gasteiger partial charge in [0.1, 0.15) is 0 Å². The maximum absolute atomic E-state index is 12.1. The number of hydrogen-bond donors (Lipinski definition) is 4. The number of carbonyl (C=O) groups is 1. The SMILES string of the molecule is CCCCC(=NNC(=O)c1cc(O)c(O)c(O)c1)c1ccccc1. The lowest BCUT2D eigenvalue weighted by molar-refractivity contribution is 0.0954. The van der Waals surface area contributed by atoms with Crippen molar-refractivity contribution in [2.45, 2.75) is 26.2 Å². The van der Waals surface area contributed by atoms with E-state index in [0.717, 1.165) is 36.2 Å². The second kappa shape index (κ2) is 8.01. The van der Waals surface area contributed by atoms with E-state index in [-0.39, 0.29) is 5.56 Å². The van der Waals surface area contributed by atoms with E-state index in [1.165, 1.54) is 0 Å². The van der Waals surface area contributed by atoms with E-state index in [0.29, 0.717) is 6.42 Å². The molecule has 0 fully saturated rings. The van der Waals surface area contributed by atoms with Crippen LogP contribution in [0.4, 0.5) is 0 Å². The van der Waals surface area contributed by atoms with E-state index in [2.05, 4.69) is 17.5 Å². The number of aromatic hydroxyl groups is 3. The van der Waals surface area contributed by atoms with Crippen molar-refractivity contribution in [3.8, 4) is 17.2 Å². The number of hydrazone groups is 1. The summed E-state index contributed by atoms with van der Waals surface area (Å²) in [5, 5.41) is 32.4. The van der Waals surface area contributed by atoms with Gasteiger partial charge >= 0.3 is 0 Å². The molecule has 2 aromatic rings. The summed E-state index contributed by atoms with van der Waals surface area (Å²) in [7, 11) is 0. The minimum absolute atomic E-state index is 0.00514. The van der Waals surface area contributed by atoms with Crippen LogP contribution in [0.15, 0.2) is 47.6 Å². The van der Waals surface area contributed by atoms with E-state index in [9.17, 15) is 20.1 Å². The molecular weight excluding hydrogens is 308 g/mol. The van der Waals surface area contributed by atoms with Crippen LogP contribution in [0.2, 0.25) is 0 Å². The Labute approximate surface area is 140 Å². The predicted molar refractivity (Wildman–Crippen MR) is 91.4 cm³/mol. The zero-order chi connectivity index (χ0) is 17.5. The Kier molecular flexibility index (Phi) is 5.78. The second-order valence-electron chi connectivity index (χ2n) is 5.33. The van der Waals surface area contributed by atoms with Crippen LogP contribution in [0.1, 0.15) is 42.1 Å². The number of carbonyl (C=O) groups excluding carboxylic acids is 1. The van der Waals surface area contributed by atoms with Crippen molar-refractivity contribution in [1.29, 1.82) is 0 Å². The molecule has 24 heavy (non-hydrogen) atoms. The van der Waals surface area contributed by atoms with Crippen molar-refractivity contribution in [3.05, 3.63) is 53.6 Å². The quantitative estimate of drug-likeness (QED) is 0.372. The molecule has 0 saturated carbocycles. The molecule has 0 heterocycles. The Morgan fingerprint density at radius 2 is 1.67 bits per heavy atom. The van der Waals surface area contributed by atoms with E-state index in [4.69, 9.17) is 0 Å². The standard InChI is InChI=1S/C18H20N2O4/c1-2-3-9-14(12-7-5-4-6-8-12)19-20-18(24)13-10-15(21)17(23)16(22)11-13/h4-8,10-11,21-23H,2-3,9H2,1H3,(H,20,24). The third kappa shape index (κ3) is 4.25. The van der Waals surface area contributed by atoms with E-state index < -0.39 is 23.2 Å². The number of amides is 1. The normalized spacial score (nSPS) is 11.3. The summed E-state index contributed by atoms with van der Waals surface area (Å²) < 4.78 is 0. The summed E-state index contributed by atoms with van der Waals surface area (Å²) in [6.45, 7) is 2.07. The lowest BCUT2D eigenvalue weighted by atomic mass is 10.1. The molecule has 0 atom stereocenters. The van der Waals surface area contributed by atoms with Crippen LogP contribution >= 0.6 is 0 Å². The summed E-state index contributed by atoms with van der Waals surface area (Å²) in [5.41, 5.74) is 4.09. The fraction of sp³-hybridized carbons (Fsp3) is 0.222. The third-order valence-corrected chi connectivity index (χ3v) is 3.50. The van der Waals surface area contributed by atoms with Gasteiger partial charge in [0.2, 0.25) is 0 Å². The van der Waals surface area contributed by atoms with Gasteiger partial charge in [-0.2, -0.15) is 5.10 Å². The molecular formula is C18H20N2O4. The van der Waals surface area contributed by atoms with E-state index in [1.807, 2.05) is 30.3 Å². The monoisotopic (exact) mass is 328 g/mol. The molecule has 0 unspecified atom stereocenters. The largest absolute Gasteiger partial charge is 0.504 e. The fourth-order valence-corrected chi connectivity index (χ4v) is 2.16. The highest BCUT2D eigenvalue weighted by Crippen LogP contribution is 2.35. The number of phenolic OH excluding ortho intramolecular Hbond substituents is 3. The molecule has 0 spiro atoms. The van der Waals surface area contributed by atoms with Crippen LogP contribution < -0.4 is 5.43 Å². The number of phenols is 3. The predicted octanol–water partition coefficient (Wildman–Crippen LogP) is 3.13. The number of unbranched alkanes of at least 4 members (excludes halogenated alkanes) is 1. The van der Waals surface area contributed by atoms with Gasteiger partial charge in [0.15, 0.2) is 17.2 Å². The summed E-state index contributed by atoms with van der Waals surface area (Å²) in [6.07, 6.45) is 2.65. The number of nitrogens with zero attached hydrogens (tertiary/aromatic N) is 1. The van der Waals surface area contributed by atoms with Gasteiger partial charge in [-0.05, 0) is 30.5 Å². The Morgan fingerprint density at radius 1 is 1.04 bits per heavy atom.